The molecular formula is C9H6N2O3. The zero-order chi connectivity index (χ0) is 10.1. The molecule has 0 bridgehead atoms. The molecule has 0 radical (unpaired) electrons. The predicted molar refractivity (Wildman–Crippen MR) is 49.3 cm³/mol. The number of aromatic carboxylic acids is 1. The van der Waals surface area contributed by atoms with Crippen molar-refractivity contribution >= 4 is 16.9 Å². The summed E-state index contributed by atoms with van der Waals surface area (Å²) in [6, 6.07) is 4.66. The van der Waals surface area contributed by atoms with E-state index in [1.165, 1.54) is 12.3 Å². The third-order valence-electron chi connectivity index (χ3n) is 1.89. The van der Waals surface area contributed by atoms with Crippen LogP contribution in [0.5, 0.6) is 0 Å². The molecular weight excluding hydrogens is 184 g/mol. The second-order valence-electron chi connectivity index (χ2n) is 2.76. The quantitative estimate of drug-likeness (QED) is 0.690. The average molecular weight is 190 g/mol. The fourth-order valence-corrected chi connectivity index (χ4v) is 1.27. The lowest BCUT2D eigenvalue weighted by Crippen LogP contribution is -2.10. The van der Waals surface area contributed by atoms with Gasteiger partial charge >= 0.3 is 11.7 Å². The van der Waals surface area contributed by atoms with Gasteiger partial charge in [0.2, 0.25) is 0 Å². The molecule has 0 aliphatic heterocycles. The summed E-state index contributed by atoms with van der Waals surface area (Å²) in [6.07, 6.45) is 1.26. The van der Waals surface area contributed by atoms with Crippen molar-refractivity contribution in [3.63, 3.8) is 0 Å². The van der Waals surface area contributed by atoms with Crippen LogP contribution in [0.1, 0.15) is 10.4 Å². The number of fused-ring (bicyclic) bond motifs is 1. The lowest BCUT2D eigenvalue weighted by Gasteiger charge is -1.99. The van der Waals surface area contributed by atoms with Gasteiger partial charge in [-0.2, -0.15) is 0 Å². The summed E-state index contributed by atoms with van der Waals surface area (Å²) in [6.45, 7) is 0. The summed E-state index contributed by atoms with van der Waals surface area (Å²) in [4.78, 5) is 27.6. The van der Waals surface area contributed by atoms with Gasteiger partial charge in [0.1, 0.15) is 0 Å². The smallest absolute Gasteiger partial charge is 0.345 e. The van der Waals surface area contributed by atoms with Crippen LogP contribution in [-0.2, 0) is 0 Å². The first-order valence-corrected chi connectivity index (χ1v) is 3.90. The first kappa shape index (κ1) is 8.43. The molecule has 14 heavy (non-hydrogen) atoms. The van der Waals surface area contributed by atoms with Crippen molar-refractivity contribution in [1.82, 2.24) is 9.97 Å². The van der Waals surface area contributed by atoms with Crippen molar-refractivity contribution < 1.29 is 9.90 Å². The Labute approximate surface area is 78.0 Å². The Bertz CT molecular complexity index is 559. The van der Waals surface area contributed by atoms with Gasteiger partial charge in [-0.1, -0.05) is 6.07 Å². The fraction of sp³-hybridized carbons (Fsp3) is 0. The summed E-state index contributed by atoms with van der Waals surface area (Å²) in [5.41, 5.74) is 0.121. The Morgan fingerprint density at radius 3 is 2.93 bits per heavy atom. The molecule has 70 valence electrons. The van der Waals surface area contributed by atoms with E-state index < -0.39 is 11.7 Å². The van der Waals surface area contributed by atoms with E-state index in [0.717, 1.165) is 0 Å². The molecule has 2 rings (SSSR count). The normalized spacial score (nSPS) is 10.3. The topological polar surface area (TPSA) is 83.0 Å². The zero-order valence-electron chi connectivity index (χ0n) is 7.02. The highest BCUT2D eigenvalue weighted by atomic mass is 16.4. The second-order valence-corrected chi connectivity index (χ2v) is 2.76. The molecule has 0 atom stereocenters. The van der Waals surface area contributed by atoms with Crippen molar-refractivity contribution in [2.75, 3.05) is 0 Å². The zero-order valence-corrected chi connectivity index (χ0v) is 7.02. The SMILES string of the molecule is O=C(O)c1cccc2[nH]c(=O)ncc12. The molecule has 0 unspecified atom stereocenters. The molecule has 0 spiro atoms. The summed E-state index contributed by atoms with van der Waals surface area (Å²) in [7, 11) is 0. The van der Waals surface area contributed by atoms with E-state index in [2.05, 4.69) is 9.97 Å². The van der Waals surface area contributed by atoms with Crippen LogP contribution in [0.2, 0.25) is 0 Å². The van der Waals surface area contributed by atoms with Gasteiger partial charge in [-0.05, 0) is 12.1 Å². The van der Waals surface area contributed by atoms with Crippen LogP contribution < -0.4 is 5.69 Å². The van der Waals surface area contributed by atoms with E-state index in [0.29, 0.717) is 10.9 Å². The summed E-state index contributed by atoms with van der Waals surface area (Å²) in [5, 5.41) is 9.26. The number of carboxylic acids is 1. The molecule has 1 aromatic carbocycles. The number of hydrogen-bond donors (Lipinski definition) is 2. The third kappa shape index (κ3) is 1.24. The molecule has 0 saturated heterocycles. The number of carbonyl (C=O) groups is 1. The van der Waals surface area contributed by atoms with Crippen LogP contribution in [0.25, 0.3) is 10.9 Å². The fourth-order valence-electron chi connectivity index (χ4n) is 1.27. The van der Waals surface area contributed by atoms with Crippen LogP contribution in [0.15, 0.2) is 29.2 Å². The third-order valence-corrected chi connectivity index (χ3v) is 1.89. The molecule has 1 heterocycles. The van der Waals surface area contributed by atoms with Gasteiger partial charge in [0, 0.05) is 11.6 Å². The first-order valence-electron chi connectivity index (χ1n) is 3.90. The van der Waals surface area contributed by atoms with Crippen LogP contribution in [0.4, 0.5) is 0 Å². The average Bonchev–Trinajstić information content (AvgIpc) is 2.16. The first-order chi connectivity index (χ1) is 6.68. The molecule has 5 nitrogen and oxygen atoms in total. The lowest BCUT2D eigenvalue weighted by atomic mass is 10.1. The van der Waals surface area contributed by atoms with Crippen LogP contribution in [-0.4, -0.2) is 21.0 Å². The van der Waals surface area contributed by atoms with Crippen molar-refractivity contribution in [2.24, 2.45) is 0 Å². The molecule has 0 aliphatic rings. The van der Waals surface area contributed by atoms with Crippen molar-refractivity contribution in [3.8, 4) is 0 Å². The number of aromatic nitrogens is 2. The second kappa shape index (κ2) is 2.95. The van der Waals surface area contributed by atoms with Gasteiger partial charge in [0.25, 0.3) is 0 Å². The lowest BCUT2D eigenvalue weighted by molar-refractivity contribution is 0.0699. The Morgan fingerprint density at radius 1 is 1.43 bits per heavy atom. The monoisotopic (exact) mass is 190 g/mol. The number of hydrogen-bond acceptors (Lipinski definition) is 3. The number of nitrogens with one attached hydrogen (secondary N) is 1. The van der Waals surface area contributed by atoms with Crippen LogP contribution in [0.3, 0.4) is 0 Å². The maximum Gasteiger partial charge on any atom is 0.345 e. The standard InChI is InChI=1S/C9H6N2O3/c12-8(13)5-2-1-3-7-6(5)4-10-9(14)11-7/h1-4H,(H,12,13)(H,10,11,14). The van der Waals surface area contributed by atoms with Crippen molar-refractivity contribution in [1.29, 1.82) is 0 Å². The molecule has 1 aromatic heterocycles. The molecule has 0 saturated carbocycles. The van der Waals surface area contributed by atoms with E-state index >= 15 is 0 Å². The van der Waals surface area contributed by atoms with E-state index in [4.69, 9.17) is 5.11 Å². The molecule has 5 heteroatoms. The van der Waals surface area contributed by atoms with E-state index in [-0.39, 0.29) is 5.56 Å². The van der Waals surface area contributed by atoms with Crippen molar-refractivity contribution in [3.05, 3.63) is 40.4 Å². The number of nitrogens with zero attached hydrogens (tertiary/aromatic N) is 1. The Hall–Kier alpha value is -2.17. The summed E-state index contributed by atoms with van der Waals surface area (Å²) in [5.74, 6) is -1.04. The van der Waals surface area contributed by atoms with Crippen LogP contribution >= 0.6 is 0 Å². The summed E-state index contributed by atoms with van der Waals surface area (Å²) < 4.78 is 0. The maximum atomic E-state index is 10.9. The van der Waals surface area contributed by atoms with Gasteiger partial charge in [-0.15, -0.1) is 0 Å². The van der Waals surface area contributed by atoms with Gasteiger partial charge < -0.3 is 10.1 Å². The number of benzene rings is 1. The Balaban J connectivity index is 2.88. The molecule has 2 aromatic rings. The number of H-pyrrole nitrogens is 1. The molecule has 2 N–H and O–H groups in total. The van der Waals surface area contributed by atoms with E-state index in [9.17, 15) is 9.59 Å². The molecule has 0 fully saturated rings. The highest BCUT2D eigenvalue weighted by Crippen LogP contribution is 2.13. The minimum Gasteiger partial charge on any atom is -0.478 e. The number of rotatable bonds is 1. The Kier molecular flexibility index (Phi) is 1.78. The number of aromatic amines is 1. The highest BCUT2D eigenvalue weighted by Gasteiger charge is 2.07. The maximum absolute atomic E-state index is 10.9. The Morgan fingerprint density at radius 2 is 2.21 bits per heavy atom. The van der Waals surface area contributed by atoms with E-state index in [1.54, 1.807) is 12.1 Å². The van der Waals surface area contributed by atoms with E-state index in [1.807, 2.05) is 0 Å². The van der Waals surface area contributed by atoms with Gasteiger partial charge in [0.05, 0.1) is 11.1 Å². The minimum atomic E-state index is -1.04. The van der Waals surface area contributed by atoms with Gasteiger partial charge in [-0.25, -0.2) is 14.6 Å². The van der Waals surface area contributed by atoms with Gasteiger partial charge in [0.15, 0.2) is 0 Å². The predicted octanol–water partition coefficient (Wildman–Crippen LogP) is 0.621. The molecule has 0 aliphatic carbocycles. The summed E-state index contributed by atoms with van der Waals surface area (Å²) >= 11 is 0. The van der Waals surface area contributed by atoms with Gasteiger partial charge in [-0.3, -0.25) is 0 Å². The highest BCUT2D eigenvalue weighted by molar-refractivity contribution is 6.02. The molecule has 0 amide bonds. The number of carboxylic acid groups (broad SMARTS) is 1. The minimum absolute atomic E-state index is 0.131. The van der Waals surface area contributed by atoms with Crippen molar-refractivity contribution in [2.45, 2.75) is 0 Å². The van der Waals surface area contributed by atoms with Crippen LogP contribution in [0, 0.1) is 0 Å². The largest absolute Gasteiger partial charge is 0.478 e.